The van der Waals surface area contributed by atoms with E-state index in [2.05, 4.69) is 38.9 Å². The van der Waals surface area contributed by atoms with Gasteiger partial charge in [-0.3, -0.25) is 4.79 Å². The van der Waals surface area contributed by atoms with Gasteiger partial charge < -0.3 is 19.7 Å². The normalized spacial score (nSPS) is 18.6. The fraction of sp³-hybridized carbons (Fsp3) is 0.417. The van der Waals surface area contributed by atoms with Crippen molar-refractivity contribution < 1.29 is 9.18 Å². The smallest absolute Gasteiger partial charge is 0.253 e. The van der Waals surface area contributed by atoms with Crippen LogP contribution in [0.5, 0.6) is 0 Å². The van der Waals surface area contributed by atoms with Crippen molar-refractivity contribution in [2.75, 3.05) is 51.2 Å². The second-order valence-corrected chi connectivity index (χ2v) is 8.69. The summed E-state index contributed by atoms with van der Waals surface area (Å²) < 4.78 is 13.4. The number of fused-ring (bicyclic) bond motifs is 1. The van der Waals surface area contributed by atoms with Crippen LogP contribution in [-0.2, 0) is 0 Å². The van der Waals surface area contributed by atoms with Crippen molar-refractivity contribution in [2.45, 2.75) is 18.8 Å². The van der Waals surface area contributed by atoms with Gasteiger partial charge in [-0.15, -0.1) is 0 Å². The number of H-pyrrole nitrogens is 1. The number of piperazine rings is 1. The highest BCUT2D eigenvalue weighted by Crippen LogP contribution is 2.29. The Bertz CT molecular complexity index is 1060. The van der Waals surface area contributed by atoms with Crippen LogP contribution in [0.3, 0.4) is 0 Å². The molecule has 2 aliphatic heterocycles. The van der Waals surface area contributed by atoms with Crippen LogP contribution in [0.4, 0.5) is 10.1 Å². The molecule has 7 heteroatoms. The van der Waals surface area contributed by atoms with Crippen LogP contribution in [0.15, 0.2) is 42.5 Å². The van der Waals surface area contributed by atoms with E-state index < -0.39 is 0 Å². The molecule has 2 aliphatic rings. The minimum Gasteiger partial charge on any atom is -0.369 e. The number of aromatic nitrogens is 2. The molecule has 6 nitrogen and oxygen atoms in total. The number of carbonyl (C=O) groups excluding carboxylic acids is 1. The van der Waals surface area contributed by atoms with Crippen LogP contribution < -0.4 is 4.90 Å². The molecule has 1 aromatic heterocycles. The number of aromatic amines is 1. The summed E-state index contributed by atoms with van der Waals surface area (Å²) in [5.74, 6) is 0.986. The summed E-state index contributed by atoms with van der Waals surface area (Å²) in [5, 5.41) is 0. The lowest BCUT2D eigenvalue weighted by Gasteiger charge is -2.34. The maximum absolute atomic E-state index is 13.4. The number of nitrogens with zero attached hydrogens (tertiary/aromatic N) is 4. The summed E-state index contributed by atoms with van der Waals surface area (Å²) in [6, 6.07) is 12.7. The van der Waals surface area contributed by atoms with Crippen LogP contribution in [0.2, 0.25) is 0 Å². The average molecular weight is 422 g/mol. The van der Waals surface area contributed by atoms with E-state index >= 15 is 0 Å². The van der Waals surface area contributed by atoms with Gasteiger partial charge in [-0.1, -0.05) is 0 Å². The largest absolute Gasteiger partial charge is 0.369 e. The molecule has 31 heavy (non-hydrogen) atoms. The van der Waals surface area contributed by atoms with Crippen molar-refractivity contribution in [1.29, 1.82) is 0 Å². The number of nitrogens with one attached hydrogen (secondary N) is 1. The van der Waals surface area contributed by atoms with Gasteiger partial charge in [0.15, 0.2) is 0 Å². The molecule has 2 aromatic carbocycles. The molecule has 0 bridgehead atoms. The van der Waals surface area contributed by atoms with E-state index in [4.69, 9.17) is 0 Å². The van der Waals surface area contributed by atoms with Gasteiger partial charge in [0.05, 0.1) is 11.0 Å². The molecule has 0 radical (unpaired) electrons. The third kappa shape index (κ3) is 4.14. The molecule has 1 amide bonds. The first-order chi connectivity index (χ1) is 15.1. The Morgan fingerprint density at radius 2 is 1.71 bits per heavy atom. The van der Waals surface area contributed by atoms with E-state index in [1.165, 1.54) is 17.8 Å². The number of amides is 1. The molecule has 3 heterocycles. The SMILES string of the molecule is CN1CCN(c2ccc(C(=O)N3CCC(c4nc5ccc(F)cc5[nH]4)CC3)cc2)CC1. The fourth-order valence-corrected chi connectivity index (χ4v) is 4.61. The van der Waals surface area contributed by atoms with E-state index in [1.54, 1.807) is 6.07 Å². The fourth-order valence-electron chi connectivity index (χ4n) is 4.61. The zero-order valence-corrected chi connectivity index (χ0v) is 17.9. The molecular formula is C24H28FN5O. The summed E-state index contributed by atoms with van der Waals surface area (Å²) in [4.78, 5) is 27.5. The first kappa shape index (κ1) is 20.0. The molecule has 2 fully saturated rings. The third-order valence-corrected chi connectivity index (χ3v) is 6.61. The van der Waals surface area contributed by atoms with Crippen molar-refractivity contribution in [3.05, 3.63) is 59.7 Å². The van der Waals surface area contributed by atoms with Gasteiger partial charge in [-0.25, -0.2) is 9.37 Å². The first-order valence-electron chi connectivity index (χ1n) is 11.0. The predicted molar refractivity (Wildman–Crippen MR) is 120 cm³/mol. The second kappa shape index (κ2) is 8.30. The van der Waals surface area contributed by atoms with Crippen molar-refractivity contribution in [3.8, 4) is 0 Å². The number of likely N-dealkylation sites (N-methyl/N-ethyl adjacent to an activating group) is 1. The van der Waals surface area contributed by atoms with Gasteiger partial charge >= 0.3 is 0 Å². The van der Waals surface area contributed by atoms with Gasteiger partial charge in [0.25, 0.3) is 5.91 Å². The summed E-state index contributed by atoms with van der Waals surface area (Å²) in [6.45, 7) is 5.58. The quantitative estimate of drug-likeness (QED) is 0.704. The molecule has 0 unspecified atom stereocenters. The summed E-state index contributed by atoms with van der Waals surface area (Å²) in [5.41, 5.74) is 3.45. The number of piperidine rings is 1. The van der Waals surface area contributed by atoms with Crippen LogP contribution in [0.25, 0.3) is 11.0 Å². The number of anilines is 1. The van der Waals surface area contributed by atoms with Gasteiger partial charge in [-0.2, -0.15) is 0 Å². The number of likely N-dealkylation sites (tertiary alicyclic amines) is 1. The minimum absolute atomic E-state index is 0.0926. The van der Waals surface area contributed by atoms with E-state index in [1.807, 2.05) is 17.0 Å². The zero-order valence-electron chi connectivity index (χ0n) is 17.9. The third-order valence-electron chi connectivity index (χ3n) is 6.61. The number of hydrogen-bond acceptors (Lipinski definition) is 4. The summed E-state index contributed by atoms with van der Waals surface area (Å²) >= 11 is 0. The van der Waals surface area contributed by atoms with E-state index in [9.17, 15) is 9.18 Å². The van der Waals surface area contributed by atoms with Crippen molar-refractivity contribution in [2.24, 2.45) is 0 Å². The Balaban J connectivity index is 1.20. The standard InChI is InChI=1S/C24H28FN5O/c1-28-12-14-29(15-13-28)20-5-2-18(3-6-20)24(31)30-10-8-17(9-11-30)23-26-21-7-4-19(25)16-22(21)27-23/h2-7,16-17H,8-15H2,1H3,(H,26,27). The highest BCUT2D eigenvalue weighted by molar-refractivity contribution is 5.94. The Morgan fingerprint density at radius 3 is 2.42 bits per heavy atom. The van der Waals surface area contributed by atoms with E-state index in [0.29, 0.717) is 13.1 Å². The monoisotopic (exact) mass is 421 g/mol. The zero-order chi connectivity index (χ0) is 21.4. The van der Waals surface area contributed by atoms with E-state index in [0.717, 1.165) is 61.4 Å². The first-order valence-corrected chi connectivity index (χ1v) is 11.0. The maximum atomic E-state index is 13.4. The molecule has 5 rings (SSSR count). The molecule has 0 aliphatic carbocycles. The van der Waals surface area contributed by atoms with Crippen LogP contribution in [0.1, 0.15) is 34.9 Å². The lowest BCUT2D eigenvalue weighted by molar-refractivity contribution is 0.0711. The molecule has 3 aromatic rings. The Kier molecular flexibility index (Phi) is 5.36. The van der Waals surface area contributed by atoms with Crippen molar-refractivity contribution in [1.82, 2.24) is 19.8 Å². The van der Waals surface area contributed by atoms with E-state index in [-0.39, 0.29) is 17.6 Å². The van der Waals surface area contributed by atoms with Crippen LogP contribution >= 0.6 is 0 Å². The molecule has 1 N–H and O–H groups in total. The molecular weight excluding hydrogens is 393 g/mol. The average Bonchev–Trinajstić information content (AvgIpc) is 3.22. The second-order valence-electron chi connectivity index (χ2n) is 8.69. The highest BCUT2D eigenvalue weighted by atomic mass is 19.1. The molecule has 0 spiro atoms. The highest BCUT2D eigenvalue weighted by Gasteiger charge is 2.26. The molecule has 0 atom stereocenters. The molecule has 2 saturated heterocycles. The lowest BCUT2D eigenvalue weighted by Crippen LogP contribution is -2.44. The Labute approximate surface area is 181 Å². The predicted octanol–water partition coefficient (Wildman–Crippen LogP) is 3.47. The number of hydrogen-bond donors (Lipinski definition) is 1. The van der Waals surface area contributed by atoms with Gasteiger partial charge in [0.2, 0.25) is 0 Å². The van der Waals surface area contributed by atoms with Gasteiger partial charge in [-0.05, 0) is 62.4 Å². The van der Waals surface area contributed by atoms with Crippen molar-refractivity contribution >= 4 is 22.6 Å². The molecule has 162 valence electrons. The van der Waals surface area contributed by atoms with Gasteiger partial charge in [0.1, 0.15) is 11.6 Å². The minimum atomic E-state index is -0.262. The number of halogens is 1. The number of carbonyl (C=O) groups is 1. The topological polar surface area (TPSA) is 55.5 Å². The van der Waals surface area contributed by atoms with Gasteiger partial charge in [0, 0.05) is 56.4 Å². The van der Waals surface area contributed by atoms with Crippen LogP contribution in [-0.4, -0.2) is 72.0 Å². The van der Waals surface area contributed by atoms with Crippen LogP contribution in [0, 0.1) is 5.82 Å². The Hall–Kier alpha value is -2.93. The lowest BCUT2D eigenvalue weighted by atomic mass is 9.95. The number of imidazole rings is 1. The summed E-state index contributed by atoms with van der Waals surface area (Å²) in [7, 11) is 2.15. The number of benzene rings is 2. The van der Waals surface area contributed by atoms with Crippen molar-refractivity contribution in [3.63, 3.8) is 0 Å². The Morgan fingerprint density at radius 1 is 1.00 bits per heavy atom. The maximum Gasteiger partial charge on any atom is 0.253 e. The number of rotatable bonds is 3. The summed E-state index contributed by atoms with van der Waals surface area (Å²) in [6.07, 6.45) is 1.71. The molecule has 0 saturated carbocycles.